The lowest BCUT2D eigenvalue weighted by Crippen LogP contribution is -2.20. The van der Waals surface area contributed by atoms with Crippen molar-refractivity contribution in [3.8, 4) is 5.75 Å². The highest BCUT2D eigenvalue weighted by atomic mass is 16.5. The van der Waals surface area contributed by atoms with Crippen LogP contribution in [0.25, 0.3) is 10.9 Å². The van der Waals surface area contributed by atoms with E-state index in [1.54, 1.807) is 10.6 Å². The Hall–Kier alpha value is -2.55. The maximum atomic E-state index is 12.4. The number of unbranched alkanes of at least 4 members (excludes halogenated alkanes) is 1. The summed E-state index contributed by atoms with van der Waals surface area (Å²) in [6.07, 6.45) is 2.09. The third-order valence-corrected chi connectivity index (χ3v) is 3.91. The van der Waals surface area contributed by atoms with Crippen molar-refractivity contribution in [1.29, 1.82) is 0 Å². The number of aromatic nitrogens is 1. The molecule has 0 bridgehead atoms. The summed E-state index contributed by atoms with van der Waals surface area (Å²) >= 11 is 0. The molecule has 0 saturated carbocycles. The predicted molar refractivity (Wildman–Crippen MR) is 94.2 cm³/mol. The van der Waals surface area contributed by atoms with E-state index in [1.165, 1.54) is 0 Å². The summed E-state index contributed by atoms with van der Waals surface area (Å²) < 4.78 is 7.73. The lowest BCUT2D eigenvalue weighted by Gasteiger charge is -2.15. The van der Waals surface area contributed by atoms with Crippen molar-refractivity contribution in [2.24, 2.45) is 0 Å². The van der Waals surface area contributed by atoms with E-state index >= 15 is 0 Å². The number of pyridine rings is 1. The minimum Gasteiger partial charge on any atom is -0.491 e. The molecule has 0 amide bonds. The number of hydrogen-bond acceptors (Lipinski definition) is 2. The van der Waals surface area contributed by atoms with Crippen molar-refractivity contribution in [3.63, 3.8) is 0 Å². The Labute approximate surface area is 136 Å². The first-order valence-corrected chi connectivity index (χ1v) is 8.09. The fraction of sp³-hybridized carbons (Fsp3) is 0.250. The number of hydrogen-bond donors (Lipinski definition) is 0. The normalized spacial score (nSPS) is 10.8. The van der Waals surface area contributed by atoms with Gasteiger partial charge in [-0.1, -0.05) is 55.8 Å². The lowest BCUT2D eigenvalue weighted by molar-refractivity contribution is 0.311. The minimum atomic E-state index is -0.00658. The Morgan fingerprint density at radius 3 is 2.57 bits per heavy atom. The van der Waals surface area contributed by atoms with Gasteiger partial charge in [-0.05, 0) is 24.1 Å². The van der Waals surface area contributed by atoms with Crippen LogP contribution < -0.4 is 10.3 Å². The molecule has 3 nitrogen and oxygen atoms in total. The third kappa shape index (κ3) is 3.45. The second kappa shape index (κ2) is 7.14. The number of nitrogens with zero attached hydrogens (tertiary/aromatic N) is 1. The molecule has 0 radical (unpaired) electrons. The third-order valence-electron chi connectivity index (χ3n) is 3.91. The Balaban J connectivity index is 2.07. The Morgan fingerprint density at radius 1 is 0.957 bits per heavy atom. The van der Waals surface area contributed by atoms with E-state index in [1.807, 2.05) is 54.6 Å². The first kappa shape index (κ1) is 15.3. The van der Waals surface area contributed by atoms with E-state index in [-0.39, 0.29) is 5.56 Å². The molecule has 0 aliphatic heterocycles. The largest absolute Gasteiger partial charge is 0.491 e. The highest BCUT2D eigenvalue weighted by Crippen LogP contribution is 2.25. The average Bonchev–Trinajstić information content (AvgIpc) is 2.59. The van der Waals surface area contributed by atoms with Crippen LogP contribution in [0.5, 0.6) is 5.75 Å². The number of fused-ring (bicyclic) bond motifs is 1. The van der Waals surface area contributed by atoms with Gasteiger partial charge >= 0.3 is 0 Å². The highest BCUT2D eigenvalue weighted by molar-refractivity contribution is 5.85. The zero-order valence-corrected chi connectivity index (χ0v) is 13.4. The van der Waals surface area contributed by atoms with Gasteiger partial charge < -0.3 is 9.30 Å². The van der Waals surface area contributed by atoms with Crippen LogP contribution in [0.4, 0.5) is 0 Å². The van der Waals surface area contributed by atoms with Gasteiger partial charge in [0, 0.05) is 11.5 Å². The Bertz CT molecular complexity index is 837. The monoisotopic (exact) mass is 307 g/mol. The van der Waals surface area contributed by atoms with Crippen LogP contribution in [0.15, 0.2) is 65.5 Å². The van der Waals surface area contributed by atoms with E-state index in [4.69, 9.17) is 4.74 Å². The molecule has 23 heavy (non-hydrogen) atoms. The summed E-state index contributed by atoms with van der Waals surface area (Å²) in [5.41, 5.74) is 1.97. The molecule has 3 aromatic rings. The van der Waals surface area contributed by atoms with Crippen LogP contribution in [0.1, 0.15) is 25.3 Å². The molecule has 0 atom stereocenters. The maximum Gasteiger partial charge on any atom is 0.251 e. The van der Waals surface area contributed by atoms with Crippen molar-refractivity contribution in [1.82, 2.24) is 4.57 Å². The lowest BCUT2D eigenvalue weighted by atomic mass is 10.1. The van der Waals surface area contributed by atoms with Crippen LogP contribution in [-0.4, -0.2) is 11.2 Å². The van der Waals surface area contributed by atoms with Crippen molar-refractivity contribution < 1.29 is 4.74 Å². The fourth-order valence-corrected chi connectivity index (χ4v) is 2.69. The van der Waals surface area contributed by atoms with Crippen LogP contribution in [-0.2, 0) is 6.54 Å². The van der Waals surface area contributed by atoms with Gasteiger partial charge in [0.05, 0.1) is 18.7 Å². The van der Waals surface area contributed by atoms with Crippen LogP contribution in [0.3, 0.4) is 0 Å². The Kier molecular flexibility index (Phi) is 4.77. The average molecular weight is 307 g/mol. The van der Waals surface area contributed by atoms with Gasteiger partial charge in [-0.15, -0.1) is 0 Å². The van der Waals surface area contributed by atoms with Gasteiger partial charge in [0.1, 0.15) is 5.75 Å². The molecule has 0 aliphatic carbocycles. The molecule has 3 heteroatoms. The number of ether oxygens (including phenoxy) is 1. The zero-order chi connectivity index (χ0) is 16.1. The molecule has 0 unspecified atom stereocenters. The molecule has 118 valence electrons. The maximum absolute atomic E-state index is 12.4. The minimum absolute atomic E-state index is 0.00658. The van der Waals surface area contributed by atoms with E-state index in [0.29, 0.717) is 13.2 Å². The molecule has 2 aromatic carbocycles. The first-order valence-electron chi connectivity index (χ1n) is 8.09. The Morgan fingerprint density at radius 2 is 1.78 bits per heavy atom. The molecule has 0 saturated heterocycles. The van der Waals surface area contributed by atoms with Gasteiger partial charge in [0.2, 0.25) is 0 Å². The molecule has 0 aliphatic rings. The summed E-state index contributed by atoms with van der Waals surface area (Å²) in [5.74, 6) is 0.782. The molecule has 1 aromatic heterocycles. The van der Waals surface area contributed by atoms with E-state index in [2.05, 4.69) is 6.92 Å². The second-order valence-electron chi connectivity index (χ2n) is 5.64. The SMILES string of the molecule is CCCCOc1cccc2ccc(=O)n(Cc3ccccc3)c12. The summed E-state index contributed by atoms with van der Waals surface area (Å²) in [6.45, 7) is 3.35. The smallest absolute Gasteiger partial charge is 0.251 e. The van der Waals surface area contributed by atoms with Gasteiger partial charge in [0.25, 0.3) is 5.56 Å². The molecule has 1 heterocycles. The van der Waals surface area contributed by atoms with Crippen molar-refractivity contribution in [2.75, 3.05) is 6.61 Å². The second-order valence-corrected chi connectivity index (χ2v) is 5.64. The predicted octanol–water partition coefficient (Wildman–Crippen LogP) is 4.23. The van der Waals surface area contributed by atoms with Crippen molar-refractivity contribution in [3.05, 3.63) is 76.6 Å². The fourth-order valence-electron chi connectivity index (χ4n) is 2.69. The van der Waals surface area contributed by atoms with E-state index < -0.39 is 0 Å². The molecule has 0 spiro atoms. The van der Waals surface area contributed by atoms with Gasteiger partial charge in [-0.3, -0.25) is 4.79 Å². The quantitative estimate of drug-likeness (QED) is 0.638. The highest BCUT2D eigenvalue weighted by Gasteiger charge is 2.09. The topological polar surface area (TPSA) is 31.2 Å². The summed E-state index contributed by atoms with van der Waals surface area (Å²) in [5, 5.41) is 1.02. The summed E-state index contributed by atoms with van der Waals surface area (Å²) in [6, 6.07) is 19.5. The van der Waals surface area contributed by atoms with E-state index in [9.17, 15) is 4.79 Å². The number of benzene rings is 2. The first-order chi connectivity index (χ1) is 11.3. The number of para-hydroxylation sites is 1. The molecular formula is C20H21NO2. The van der Waals surface area contributed by atoms with E-state index in [0.717, 1.165) is 35.1 Å². The molecule has 3 rings (SSSR count). The number of rotatable bonds is 6. The van der Waals surface area contributed by atoms with Crippen molar-refractivity contribution in [2.45, 2.75) is 26.3 Å². The van der Waals surface area contributed by atoms with Gasteiger partial charge in [-0.25, -0.2) is 0 Å². The molecular weight excluding hydrogens is 286 g/mol. The van der Waals surface area contributed by atoms with Crippen LogP contribution >= 0.6 is 0 Å². The van der Waals surface area contributed by atoms with Gasteiger partial charge in [0.15, 0.2) is 0 Å². The molecule has 0 N–H and O–H groups in total. The van der Waals surface area contributed by atoms with Crippen LogP contribution in [0.2, 0.25) is 0 Å². The molecule has 0 fully saturated rings. The summed E-state index contributed by atoms with van der Waals surface area (Å²) in [4.78, 5) is 12.4. The van der Waals surface area contributed by atoms with Crippen LogP contribution in [0, 0.1) is 0 Å². The van der Waals surface area contributed by atoms with Crippen molar-refractivity contribution >= 4 is 10.9 Å². The summed E-state index contributed by atoms with van der Waals surface area (Å²) in [7, 11) is 0. The standard InChI is InChI=1S/C20H21NO2/c1-2-3-14-23-18-11-7-10-17-12-13-19(22)21(20(17)18)15-16-8-5-4-6-9-16/h4-13H,2-3,14-15H2,1H3. The van der Waals surface area contributed by atoms with Gasteiger partial charge in [-0.2, -0.15) is 0 Å². The zero-order valence-electron chi connectivity index (χ0n) is 13.4.